The Balaban J connectivity index is 1.73. The lowest BCUT2D eigenvalue weighted by Gasteiger charge is -2.39. The van der Waals surface area contributed by atoms with Gasteiger partial charge in [-0.2, -0.15) is 0 Å². The average Bonchev–Trinajstić information content (AvgIpc) is 2.48. The third-order valence-corrected chi connectivity index (χ3v) is 4.28. The van der Waals surface area contributed by atoms with Crippen LogP contribution in [-0.2, 0) is 0 Å². The summed E-state index contributed by atoms with van der Waals surface area (Å²) in [6.07, 6.45) is 1.11. The molecule has 3 N–H and O–H groups in total. The van der Waals surface area contributed by atoms with Crippen molar-refractivity contribution >= 4 is 0 Å². The summed E-state index contributed by atoms with van der Waals surface area (Å²) in [7, 11) is 0. The van der Waals surface area contributed by atoms with Crippen molar-refractivity contribution in [3.05, 3.63) is 29.8 Å². The standard InChI is InChI=1S/C15H23N3O/c16-9-13-10-17-6-7-18(13)11-12-5-8-19-15-4-2-1-3-14(12)15/h1-4,12-13,17H,5-11,16H2. The summed E-state index contributed by atoms with van der Waals surface area (Å²) in [5.74, 6) is 1.65. The zero-order valence-corrected chi connectivity index (χ0v) is 11.3. The minimum absolute atomic E-state index is 0.476. The van der Waals surface area contributed by atoms with E-state index in [-0.39, 0.29) is 0 Å². The summed E-state index contributed by atoms with van der Waals surface area (Å²) in [6.45, 7) is 5.85. The van der Waals surface area contributed by atoms with Crippen LogP contribution in [0, 0.1) is 0 Å². The van der Waals surface area contributed by atoms with Gasteiger partial charge in [-0.1, -0.05) is 18.2 Å². The predicted octanol–water partition coefficient (Wildman–Crippen LogP) is 0.785. The number of nitrogens with zero attached hydrogens (tertiary/aromatic N) is 1. The highest BCUT2D eigenvalue weighted by Gasteiger charge is 2.27. The number of nitrogens with two attached hydrogens (primary N) is 1. The number of rotatable bonds is 3. The predicted molar refractivity (Wildman–Crippen MR) is 76.6 cm³/mol. The zero-order valence-electron chi connectivity index (χ0n) is 11.3. The molecule has 4 heteroatoms. The normalized spacial score (nSPS) is 27.6. The molecule has 1 aromatic carbocycles. The van der Waals surface area contributed by atoms with Gasteiger partial charge in [0.05, 0.1) is 6.61 Å². The van der Waals surface area contributed by atoms with E-state index in [2.05, 4.69) is 34.5 Å². The number of hydrogen-bond donors (Lipinski definition) is 2. The van der Waals surface area contributed by atoms with Crippen molar-refractivity contribution < 1.29 is 4.74 Å². The molecule has 0 aromatic heterocycles. The number of hydrogen-bond acceptors (Lipinski definition) is 4. The van der Waals surface area contributed by atoms with E-state index in [1.165, 1.54) is 5.56 Å². The minimum atomic E-state index is 0.476. The number of ether oxygens (including phenoxy) is 1. The molecule has 0 bridgehead atoms. The Labute approximate surface area is 114 Å². The maximum atomic E-state index is 5.89. The quantitative estimate of drug-likeness (QED) is 0.844. The lowest BCUT2D eigenvalue weighted by atomic mass is 9.92. The molecule has 1 saturated heterocycles. The van der Waals surface area contributed by atoms with Crippen LogP contribution in [0.3, 0.4) is 0 Å². The van der Waals surface area contributed by atoms with Crippen LogP contribution in [0.25, 0.3) is 0 Å². The Bertz CT molecular complexity index is 424. The van der Waals surface area contributed by atoms with Gasteiger partial charge in [-0.05, 0) is 18.1 Å². The maximum absolute atomic E-state index is 5.89. The molecule has 104 valence electrons. The Morgan fingerprint density at radius 1 is 1.37 bits per heavy atom. The van der Waals surface area contributed by atoms with Crippen LogP contribution in [0.2, 0.25) is 0 Å². The van der Waals surface area contributed by atoms with Crippen molar-refractivity contribution in [1.82, 2.24) is 10.2 Å². The van der Waals surface area contributed by atoms with E-state index < -0.39 is 0 Å². The van der Waals surface area contributed by atoms with E-state index in [1.54, 1.807) is 0 Å². The van der Waals surface area contributed by atoms with Crippen LogP contribution < -0.4 is 15.8 Å². The fourth-order valence-corrected chi connectivity index (χ4v) is 3.16. The third-order valence-electron chi connectivity index (χ3n) is 4.28. The summed E-state index contributed by atoms with van der Waals surface area (Å²) in [4.78, 5) is 2.54. The van der Waals surface area contributed by atoms with Crippen LogP contribution in [0.1, 0.15) is 17.9 Å². The molecule has 19 heavy (non-hydrogen) atoms. The summed E-state index contributed by atoms with van der Waals surface area (Å²) in [6, 6.07) is 8.93. The van der Waals surface area contributed by atoms with E-state index in [9.17, 15) is 0 Å². The number of benzene rings is 1. The molecule has 0 spiro atoms. The largest absolute Gasteiger partial charge is 0.493 e. The smallest absolute Gasteiger partial charge is 0.122 e. The van der Waals surface area contributed by atoms with Crippen molar-refractivity contribution in [1.29, 1.82) is 0 Å². The molecular formula is C15H23N3O. The SMILES string of the molecule is NCC1CNCCN1CC1CCOc2ccccc21. The Hall–Kier alpha value is -1.10. The van der Waals surface area contributed by atoms with Crippen molar-refractivity contribution in [2.24, 2.45) is 5.73 Å². The molecule has 2 aliphatic heterocycles. The molecule has 3 rings (SSSR count). The van der Waals surface area contributed by atoms with E-state index in [0.717, 1.165) is 51.5 Å². The van der Waals surface area contributed by atoms with Crippen LogP contribution in [0.5, 0.6) is 5.75 Å². The molecule has 0 amide bonds. The second-order valence-corrected chi connectivity index (χ2v) is 5.46. The maximum Gasteiger partial charge on any atom is 0.122 e. The average molecular weight is 261 g/mol. The lowest BCUT2D eigenvalue weighted by Crippen LogP contribution is -2.55. The number of piperazine rings is 1. The van der Waals surface area contributed by atoms with Gasteiger partial charge in [0, 0.05) is 44.7 Å². The third kappa shape index (κ3) is 2.76. The summed E-state index contributed by atoms with van der Waals surface area (Å²) < 4.78 is 5.74. The summed E-state index contributed by atoms with van der Waals surface area (Å²) in [5, 5.41) is 3.43. The molecular weight excluding hydrogens is 238 g/mol. The van der Waals surface area contributed by atoms with Gasteiger partial charge >= 0.3 is 0 Å². The highest BCUT2D eigenvalue weighted by atomic mass is 16.5. The highest BCUT2D eigenvalue weighted by Crippen LogP contribution is 2.34. The fourth-order valence-electron chi connectivity index (χ4n) is 3.16. The van der Waals surface area contributed by atoms with Gasteiger partial charge in [-0.25, -0.2) is 0 Å². The van der Waals surface area contributed by atoms with Crippen LogP contribution in [0.15, 0.2) is 24.3 Å². The van der Waals surface area contributed by atoms with Gasteiger partial charge in [-0.15, -0.1) is 0 Å². The fraction of sp³-hybridized carbons (Fsp3) is 0.600. The van der Waals surface area contributed by atoms with Crippen LogP contribution >= 0.6 is 0 Å². The van der Waals surface area contributed by atoms with E-state index in [4.69, 9.17) is 10.5 Å². The minimum Gasteiger partial charge on any atom is -0.493 e. The van der Waals surface area contributed by atoms with E-state index >= 15 is 0 Å². The van der Waals surface area contributed by atoms with Gasteiger partial charge in [0.25, 0.3) is 0 Å². The van der Waals surface area contributed by atoms with E-state index in [0.29, 0.717) is 12.0 Å². The second kappa shape index (κ2) is 5.90. The molecule has 2 atom stereocenters. The molecule has 2 unspecified atom stereocenters. The first-order chi connectivity index (χ1) is 9.38. The molecule has 4 nitrogen and oxygen atoms in total. The molecule has 0 aliphatic carbocycles. The van der Waals surface area contributed by atoms with E-state index in [1.807, 2.05) is 0 Å². The van der Waals surface area contributed by atoms with Crippen LogP contribution in [-0.4, -0.2) is 50.3 Å². The van der Waals surface area contributed by atoms with Crippen molar-refractivity contribution in [3.8, 4) is 5.75 Å². The topological polar surface area (TPSA) is 50.5 Å². The van der Waals surface area contributed by atoms with Crippen molar-refractivity contribution in [2.75, 3.05) is 39.3 Å². The molecule has 0 saturated carbocycles. The van der Waals surface area contributed by atoms with Crippen molar-refractivity contribution in [3.63, 3.8) is 0 Å². The Morgan fingerprint density at radius 3 is 3.16 bits per heavy atom. The van der Waals surface area contributed by atoms with Crippen LogP contribution in [0.4, 0.5) is 0 Å². The zero-order chi connectivity index (χ0) is 13.1. The summed E-state index contributed by atoms with van der Waals surface area (Å²) in [5.41, 5.74) is 7.25. The first-order valence-corrected chi connectivity index (χ1v) is 7.25. The van der Waals surface area contributed by atoms with Gasteiger partial charge < -0.3 is 15.8 Å². The molecule has 1 aromatic rings. The van der Waals surface area contributed by atoms with Gasteiger partial charge in [0.15, 0.2) is 0 Å². The van der Waals surface area contributed by atoms with Gasteiger partial charge in [0.1, 0.15) is 5.75 Å². The second-order valence-electron chi connectivity index (χ2n) is 5.46. The highest BCUT2D eigenvalue weighted by molar-refractivity contribution is 5.38. The molecule has 1 fully saturated rings. The number of nitrogens with one attached hydrogen (secondary N) is 1. The molecule has 2 aliphatic rings. The number of fused-ring (bicyclic) bond motifs is 1. The van der Waals surface area contributed by atoms with Gasteiger partial charge in [-0.3, -0.25) is 4.90 Å². The molecule has 0 radical (unpaired) electrons. The first-order valence-electron chi connectivity index (χ1n) is 7.25. The Kier molecular flexibility index (Phi) is 4.01. The Morgan fingerprint density at radius 2 is 2.26 bits per heavy atom. The van der Waals surface area contributed by atoms with Crippen molar-refractivity contribution in [2.45, 2.75) is 18.4 Å². The monoisotopic (exact) mass is 261 g/mol. The molecule has 2 heterocycles. The first kappa shape index (κ1) is 12.9. The van der Waals surface area contributed by atoms with Gasteiger partial charge in [0.2, 0.25) is 0 Å². The number of para-hydroxylation sites is 1. The lowest BCUT2D eigenvalue weighted by molar-refractivity contribution is 0.142. The summed E-state index contributed by atoms with van der Waals surface area (Å²) >= 11 is 0.